The Kier molecular flexibility index (Phi) is 7.22. The summed E-state index contributed by atoms with van der Waals surface area (Å²) in [6, 6.07) is 11.3. The van der Waals surface area contributed by atoms with E-state index in [0.29, 0.717) is 36.3 Å². The minimum atomic E-state index is -0.1000. The Balaban J connectivity index is 1.70. The van der Waals surface area contributed by atoms with Gasteiger partial charge in [0.2, 0.25) is 5.91 Å². The normalized spacial score (nSPS) is 11.1. The number of carbonyl (C=O) groups excluding carboxylic acids is 1. The highest BCUT2D eigenvalue weighted by Gasteiger charge is 2.04. The fourth-order valence-corrected chi connectivity index (χ4v) is 2.18. The Morgan fingerprint density at radius 1 is 1.16 bits per heavy atom. The number of anilines is 1. The van der Waals surface area contributed by atoms with E-state index < -0.39 is 0 Å². The van der Waals surface area contributed by atoms with Gasteiger partial charge in [-0.05, 0) is 36.2 Å². The van der Waals surface area contributed by atoms with Gasteiger partial charge >= 0.3 is 0 Å². The van der Waals surface area contributed by atoms with Crippen molar-refractivity contribution < 1.29 is 4.79 Å². The van der Waals surface area contributed by atoms with Crippen LogP contribution < -0.4 is 16.0 Å². The van der Waals surface area contributed by atoms with E-state index in [1.807, 2.05) is 37.3 Å². The average molecular weight is 360 g/mol. The number of aromatic nitrogens is 1. The minimum Gasteiger partial charge on any atom is -0.356 e. The number of nitrogens with one attached hydrogen (secondary N) is 3. The SMILES string of the molecule is CN=C(NCCC(=O)Nc1ccc(C)cn1)NCc1ccc(Cl)cc1. The van der Waals surface area contributed by atoms with Gasteiger partial charge < -0.3 is 16.0 Å². The van der Waals surface area contributed by atoms with Crippen molar-refractivity contribution in [1.29, 1.82) is 0 Å². The first-order valence-electron chi connectivity index (χ1n) is 7.98. The Hall–Kier alpha value is -2.60. The zero-order valence-corrected chi connectivity index (χ0v) is 15.1. The van der Waals surface area contributed by atoms with Crippen LogP contribution in [0.3, 0.4) is 0 Å². The highest BCUT2D eigenvalue weighted by molar-refractivity contribution is 6.30. The van der Waals surface area contributed by atoms with E-state index in [9.17, 15) is 4.79 Å². The van der Waals surface area contributed by atoms with Gasteiger partial charge in [-0.2, -0.15) is 0 Å². The summed E-state index contributed by atoms with van der Waals surface area (Å²) in [5.74, 6) is 1.09. The molecule has 0 aliphatic carbocycles. The third-order valence-corrected chi connectivity index (χ3v) is 3.67. The Morgan fingerprint density at radius 3 is 2.56 bits per heavy atom. The Bertz CT molecular complexity index is 713. The van der Waals surface area contributed by atoms with E-state index in [2.05, 4.69) is 25.9 Å². The van der Waals surface area contributed by atoms with Crippen LogP contribution in [0.5, 0.6) is 0 Å². The second-order valence-corrected chi connectivity index (χ2v) is 5.93. The molecule has 25 heavy (non-hydrogen) atoms. The van der Waals surface area contributed by atoms with Gasteiger partial charge in [0.15, 0.2) is 5.96 Å². The molecule has 0 radical (unpaired) electrons. The summed E-state index contributed by atoms with van der Waals surface area (Å²) in [7, 11) is 1.69. The van der Waals surface area contributed by atoms with Gasteiger partial charge in [-0.3, -0.25) is 9.79 Å². The second kappa shape index (κ2) is 9.64. The topological polar surface area (TPSA) is 78.4 Å². The van der Waals surface area contributed by atoms with Gasteiger partial charge in [0.1, 0.15) is 5.82 Å². The molecule has 1 heterocycles. The van der Waals surface area contributed by atoms with Crippen LogP contribution in [0.15, 0.2) is 47.6 Å². The predicted octanol–water partition coefficient (Wildman–Crippen LogP) is 2.74. The van der Waals surface area contributed by atoms with Crippen LogP contribution >= 0.6 is 11.6 Å². The first-order valence-corrected chi connectivity index (χ1v) is 8.36. The number of guanidine groups is 1. The number of nitrogens with zero attached hydrogens (tertiary/aromatic N) is 2. The molecule has 0 atom stereocenters. The number of benzene rings is 1. The summed E-state index contributed by atoms with van der Waals surface area (Å²) in [4.78, 5) is 20.2. The molecule has 0 unspecified atom stereocenters. The highest BCUT2D eigenvalue weighted by atomic mass is 35.5. The second-order valence-electron chi connectivity index (χ2n) is 5.50. The maximum Gasteiger partial charge on any atom is 0.227 e. The van der Waals surface area contributed by atoms with Gasteiger partial charge in [-0.25, -0.2) is 4.98 Å². The van der Waals surface area contributed by atoms with E-state index in [4.69, 9.17) is 11.6 Å². The van der Waals surface area contributed by atoms with Crippen LogP contribution in [-0.2, 0) is 11.3 Å². The van der Waals surface area contributed by atoms with Gasteiger partial charge in [0, 0.05) is 37.8 Å². The maximum absolute atomic E-state index is 11.9. The highest BCUT2D eigenvalue weighted by Crippen LogP contribution is 2.09. The van der Waals surface area contributed by atoms with Crippen molar-refractivity contribution in [1.82, 2.24) is 15.6 Å². The molecule has 0 aliphatic heterocycles. The summed E-state index contributed by atoms with van der Waals surface area (Å²) in [6.45, 7) is 3.04. The van der Waals surface area contributed by atoms with Crippen molar-refractivity contribution in [3.63, 3.8) is 0 Å². The molecule has 0 saturated heterocycles. The van der Waals surface area contributed by atoms with Crippen molar-refractivity contribution in [3.05, 3.63) is 58.7 Å². The van der Waals surface area contributed by atoms with Crippen LogP contribution in [0.4, 0.5) is 5.82 Å². The lowest BCUT2D eigenvalue weighted by Gasteiger charge is -2.12. The first-order chi connectivity index (χ1) is 12.1. The third kappa shape index (κ3) is 6.81. The molecule has 1 aromatic carbocycles. The van der Waals surface area contributed by atoms with Gasteiger partial charge in [-0.15, -0.1) is 0 Å². The van der Waals surface area contributed by atoms with Crippen LogP contribution in [0.2, 0.25) is 5.02 Å². The van der Waals surface area contributed by atoms with E-state index in [0.717, 1.165) is 11.1 Å². The van der Waals surface area contributed by atoms with Crippen LogP contribution in [0.25, 0.3) is 0 Å². The molecule has 0 bridgehead atoms. The lowest BCUT2D eigenvalue weighted by Crippen LogP contribution is -2.38. The number of halogens is 1. The van der Waals surface area contributed by atoms with Gasteiger partial charge in [0.05, 0.1) is 0 Å². The van der Waals surface area contributed by atoms with Gasteiger partial charge in [-0.1, -0.05) is 29.8 Å². The molecule has 0 spiro atoms. The molecule has 132 valence electrons. The van der Waals surface area contributed by atoms with Crippen molar-refractivity contribution >= 4 is 29.3 Å². The molecule has 3 N–H and O–H groups in total. The molecule has 1 aromatic heterocycles. The standard InChI is InChI=1S/C18H22ClN5O/c1-13-3-8-16(22-11-13)24-17(25)9-10-21-18(20-2)23-12-14-4-6-15(19)7-5-14/h3-8,11H,9-10,12H2,1-2H3,(H2,20,21,23)(H,22,24,25). The molecular formula is C18H22ClN5O. The Labute approximate surface area is 152 Å². The van der Waals surface area contributed by atoms with Gasteiger partial charge in [0.25, 0.3) is 0 Å². The largest absolute Gasteiger partial charge is 0.356 e. The molecule has 7 heteroatoms. The number of amides is 1. The van der Waals surface area contributed by atoms with Crippen LogP contribution in [0.1, 0.15) is 17.5 Å². The molecule has 0 saturated carbocycles. The summed E-state index contributed by atoms with van der Waals surface area (Å²) >= 11 is 5.87. The first kappa shape index (κ1) is 18.7. The fourth-order valence-electron chi connectivity index (χ4n) is 2.05. The van der Waals surface area contributed by atoms with Crippen LogP contribution in [0, 0.1) is 6.92 Å². The predicted molar refractivity (Wildman–Crippen MR) is 102 cm³/mol. The number of aryl methyl sites for hydroxylation is 1. The summed E-state index contributed by atoms with van der Waals surface area (Å²) in [6.07, 6.45) is 2.04. The fraction of sp³-hybridized carbons (Fsp3) is 0.278. The zero-order valence-electron chi connectivity index (χ0n) is 14.3. The van der Waals surface area contributed by atoms with Crippen molar-refractivity contribution in [2.75, 3.05) is 18.9 Å². The average Bonchev–Trinajstić information content (AvgIpc) is 2.61. The van der Waals surface area contributed by atoms with E-state index in [1.54, 1.807) is 19.3 Å². The molecule has 0 fully saturated rings. The zero-order chi connectivity index (χ0) is 18.1. The lowest BCUT2D eigenvalue weighted by molar-refractivity contribution is -0.116. The van der Waals surface area contributed by atoms with E-state index in [1.165, 1.54) is 0 Å². The monoisotopic (exact) mass is 359 g/mol. The third-order valence-electron chi connectivity index (χ3n) is 3.42. The molecule has 0 aliphatic rings. The van der Waals surface area contributed by atoms with Crippen molar-refractivity contribution in [2.45, 2.75) is 19.9 Å². The number of aliphatic imine (C=N–C) groups is 1. The molecule has 1 amide bonds. The lowest BCUT2D eigenvalue weighted by atomic mass is 10.2. The number of pyridine rings is 1. The summed E-state index contributed by atoms with van der Waals surface area (Å²) in [5, 5.41) is 9.76. The van der Waals surface area contributed by atoms with E-state index in [-0.39, 0.29) is 5.91 Å². The molecule has 2 aromatic rings. The minimum absolute atomic E-state index is 0.1000. The number of carbonyl (C=O) groups is 1. The molecule has 2 rings (SSSR count). The number of hydrogen-bond acceptors (Lipinski definition) is 3. The maximum atomic E-state index is 11.9. The summed E-state index contributed by atoms with van der Waals surface area (Å²) < 4.78 is 0. The summed E-state index contributed by atoms with van der Waals surface area (Å²) in [5.41, 5.74) is 2.14. The molecular weight excluding hydrogens is 338 g/mol. The quantitative estimate of drug-likeness (QED) is 0.547. The van der Waals surface area contributed by atoms with E-state index >= 15 is 0 Å². The number of rotatable bonds is 6. The van der Waals surface area contributed by atoms with Crippen molar-refractivity contribution in [3.8, 4) is 0 Å². The van der Waals surface area contributed by atoms with Crippen molar-refractivity contribution in [2.24, 2.45) is 4.99 Å². The number of hydrogen-bond donors (Lipinski definition) is 3. The molecule has 6 nitrogen and oxygen atoms in total. The van der Waals surface area contributed by atoms with Crippen LogP contribution in [-0.4, -0.2) is 30.4 Å². The Morgan fingerprint density at radius 2 is 1.92 bits per heavy atom. The smallest absolute Gasteiger partial charge is 0.227 e.